The van der Waals surface area contributed by atoms with Crippen molar-refractivity contribution in [1.82, 2.24) is 9.97 Å². The maximum absolute atomic E-state index is 4.67. The Morgan fingerprint density at radius 2 is 1.86 bits per heavy atom. The number of pyridine rings is 1. The van der Waals surface area contributed by atoms with Gasteiger partial charge in [-0.25, -0.2) is 4.98 Å². The maximum atomic E-state index is 4.67. The summed E-state index contributed by atoms with van der Waals surface area (Å²) in [4.78, 5) is 8.05. The molecule has 4 rings (SSSR count). The van der Waals surface area contributed by atoms with Gasteiger partial charge in [-0.2, -0.15) is 4.57 Å². The van der Waals surface area contributed by atoms with Gasteiger partial charge in [-0.05, 0) is 30.3 Å². The molecule has 2 aromatic heterocycles. The van der Waals surface area contributed by atoms with Gasteiger partial charge < -0.3 is 4.98 Å². The summed E-state index contributed by atoms with van der Waals surface area (Å²) in [5.74, 6) is 0.918. The van der Waals surface area contributed by atoms with E-state index >= 15 is 0 Å². The molecule has 0 unspecified atom stereocenters. The van der Waals surface area contributed by atoms with E-state index in [0.29, 0.717) is 0 Å². The van der Waals surface area contributed by atoms with Gasteiger partial charge in [0.1, 0.15) is 12.9 Å². The second-order valence-corrected chi connectivity index (χ2v) is 5.41. The number of benzene rings is 2. The lowest BCUT2D eigenvalue weighted by atomic mass is 10.1. The number of H-pyrrole nitrogens is 1. The van der Waals surface area contributed by atoms with Gasteiger partial charge in [0.2, 0.25) is 5.52 Å². The van der Waals surface area contributed by atoms with Gasteiger partial charge >= 0.3 is 0 Å². The van der Waals surface area contributed by atoms with E-state index in [2.05, 4.69) is 64.9 Å². The highest BCUT2D eigenvalue weighted by molar-refractivity contribution is 5.84. The Labute approximate surface area is 122 Å². The summed E-state index contributed by atoms with van der Waals surface area (Å²) in [7, 11) is 2.10. The molecular weight excluding hydrogens is 258 g/mol. The molecule has 0 radical (unpaired) electrons. The Kier molecular flexibility index (Phi) is 2.54. The van der Waals surface area contributed by atoms with Crippen LogP contribution in [0.2, 0.25) is 0 Å². The number of fused-ring (bicyclic) bond motifs is 2. The van der Waals surface area contributed by atoms with Gasteiger partial charge in [0.05, 0.1) is 11.0 Å². The fraction of sp³-hybridized carbons (Fsp3) is 0.111. The Hall–Kier alpha value is -2.68. The first-order valence-electron chi connectivity index (χ1n) is 7.07. The van der Waals surface area contributed by atoms with Crippen molar-refractivity contribution in [3.8, 4) is 11.4 Å². The lowest BCUT2D eigenvalue weighted by molar-refractivity contribution is -0.651. The lowest BCUT2D eigenvalue weighted by Gasteiger charge is -2.02. The highest BCUT2D eigenvalue weighted by atomic mass is 14.9. The Bertz CT molecular complexity index is 934. The van der Waals surface area contributed by atoms with Crippen molar-refractivity contribution in [3.05, 3.63) is 60.3 Å². The molecule has 4 aromatic rings. The van der Waals surface area contributed by atoms with Crippen LogP contribution in [0.15, 0.2) is 54.6 Å². The molecule has 2 aromatic carbocycles. The molecule has 21 heavy (non-hydrogen) atoms. The van der Waals surface area contributed by atoms with Crippen molar-refractivity contribution >= 4 is 21.9 Å². The molecule has 0 saturated carbocycles. The standard InChI is InChI=1S/C18H16N3/c1-12-7-8-13-11-14(9-10-17(13)21(12)2)18-19-15-5-3-4-6-16(15)20-18/h3-11H,1-2H3,(H,19,20)/q+1. The first-order chi connectivity index (χ1) is 10.2. The van der Waals surface area contributed by atoms with Crippen LogP contribution in [0.25, 0.3) is 33.3 Å². The molecule has 0 fully saturated rings. The van der Waals surface area contributed by atoms with Crippen molar-refractivity contribution in [2.75, 3.05) is 0 Å². The van der Waals surface area contributed by atoms with E-state index in [1.807, 2.05) is 18.2 Å². The van der Waals surface area contributed by atoms with Gasteiger partial charge in [0, 0.05) is 30.0 Å². The number of aryl methyl sites for hydroxylation is 2. The monoisotopic (exact) mass is 274 g/mol. The number of hydrogen-bond acceptors (Lipinski definition) is 1. The molecule has 3 heteroatoms. The molecule has 0 saturated heterocycles. The highest BCUT2D eigenvalue weighted by Gasteiger charge is 2.11. The lowest BCUT2D eigenvalue weighted by Crippen LogP contribution is -2.32. The van der Waals surface area contributed by atoms with Gasteiger partial charge in [-0.1, -0.05) is 12.1 Å². The van der Waals surface area contributed by atoms with Crippen molar-refractivity contribution < 1.29 is 4.57 Å². The molecular formula is C18H16N3+. The van der Waals surface area contributed by atoms with Crippen molar-refractivity contribution in [1.29, 1.82) is 0 Å². The number of imidazole rings is 1. The van der Waals surface area contributed by atoms with Crippen LogP contribution in [0.1, 0.15) is 5.69 Å². The minimum absolute atomic E-state index is 0.918. The summed E-state index contributed by atoms with van der Waals surface area (Å²) >= 11 is 0. The number of hydrogen-bond donors (Lipinski definition) is 1. The van der Waals surface area contributed by atoms with E-state index in [1.54, 1.807) is 0 Å². The third kappa shape index (κ3) is 1.89. The minimum atomic E-state index is 0.918. The van der Waals surface area contributed by atoms with Gasteiger partial charge in [0.25, 0.3) is 0 Å². The average Bonchev–Trinajstić information content (AvgIpc) is 2.95. The zero-order valence-corrected chi connectivity index (χ0v) is 12.1. The van der Waals surface area contributed by atoms with Crippen molar-refractivity contribution in [3.63, 3.8) is 0 Å². The first kappa shape index (κ1) is 12.1. The SMILES string of the molecule is Cc1ccc2cc(-c3nc4ccccc4[nH]3)ccc2[n+]1C. The number of aromatic amines is 1. The molecule has 0 aliphatic carbocycles. The number of nitrogens with one attached hydrogen (secondary N) is 1. The predicted octanol–water partition coefficient (Wildman–Crippen LogP) is 3.52. The molecule has 1 N–H and O–H groups in total. The third-order valence-corrected chi connectivity index (χ3v) is 4.08. The van der Waals surface area contributed by atoms with E-state index in [4.69, 9.17) is 0 Å². The molecule has 0 amide bonds. The van der Waals surface area contributed by atoms with E-state index in [-0.39, 0.29) is 0 Å². The maximum Gasteiger partial charge on any atom is 0.212 e. The molecule has 0 aliphatic heterocycles. The van der Waals surface area contributed by atoms with Gasteiger partial charge in [-0.15, -0.1) is 0 Å². The molecule has 0 aliphatic rings. The fourth-order valence-electron chi connectivity index (χ4n) is 2.74. The average molecular weight is 274 g/mol. The molecule has 102 valence electrons. The van der Waals surface area contributed by atoms with Crippen LogP contribution < -0.4 is 4.57 Å². The van der Waals surface area contributed by atoms with Crippen LogP contribution in [0.3, 0.4) is 0 Å². The fourth-order valence-corrected chi connectivity index (χ4v) is 2.74. The number of aromatic nitrogens is 3. The molecule has 0 bridgehead atoms. The van der Waals surface area contributed by atoms with E-state index in [1.165, 1.54) is 16.6 Å². The molecule has 2 heterocycles. The van der Waals surface area contributed by atoms with E-state index in [9.17, 15) is 0 Å². The van der Waals surface area contributed by atoms with Crippen LogP contribution in [-0.4, -0.2) is 9.97 Å². The second-order valence-electron chi connectivity index (χ2n) is 5.41. The summed E-state index contributed by atoms with van der Waals surface area (Å²) < 4.78 is 2.21. The topological polar surface area (TPSA) is 32.6 Å². The first-order valence-corrected chi connectivity index (χ1v) is 7.07. The highest BCUT2D eigenvalue weighted by Crippen LogP contribution is 2.23. The van der Waals surface area contributed by atoms with E-state index < -0.39 is 0 Å². The zero-order chi connectivity index (χ0) is 14.4. The summed E-state index contributed by atoms with van der Waals surface area (Å²) in [5, 5.41) is 1.22. The summed E-state index contributed by atoms with van der Waals surface area (Å²) in [6.45, 7) is 2.12. The zero-order valence-electron chi connectivity index (χ0n) is 12.1. The summed E-state index contributed by atoms with van der Waals surface area (Å²) in [5.41, 5.74) is 5.67. The summed E-state index contributed by atoms with van der Waals surface area (Å²) in [6.07, 6.45) is 0. The Morgan fingerprint density at radius 3 is 2.71 bits per heavy atom. The van der Waals surface area contributed by atoms with E-state index in [0.717, 1.165) is 22.4 Å². The predicted molar refractivity (Wildman–Crippen MR) is 84.9 cm³/mol. The molecule has 0 spiro atoms. The van der Waals surface area contributed by atoms with Crippen LogP contribution >= 0.6 is 0 Å². The smallest absolute Gasteiger partial charge is 0.212 e. The molecule has 3 nitrogen and oxygen atoms in total. The summed E-state index contributed by atoms with van der Waals surface area (Å²) in [6, 6.07) is 18.9. The Balaban J connectivity index is 1.92. The quantitative estimate of drug-likeness (QED) is 0.529. The van der Waals surface area contributed by atoms with Crippen molar-refractivity contribution in [2.45, 2.75) is 6.92 Å². The number of rotatable bonds is 1. The minimum Gasteiger partial charge on any atom is -0.338 e. The second kappa shape index (κ2) is 4.42. The number of nitrogens with zero attached hydrogens (tertiary/aromatic N) is 2. The van der Waals surface area contributed by atoms with Gasteiger partial charge in [0.15, 0.2) is 5.69 Å². The van der Waals surface area contributed by atoms with Gasteiger partial charge in [-0.3, -0.25) is 0 Å². The van der Waals surface area contributed by atoms with Crippen LogP contribution in [0.4, 0.5) is 0 Å². The van der Waals surface area contributed by atoms with Crippen LogP contribution in [0.5, 0.6) is 0 Å². The normalized spacial score (nSPS) is 11.3. The Morgan fingerprint density at radius 1 is 1.00 bits per heavy atom. The largest absolute Gasteiger partial charge is 0.338 e. The van der Waals surface area contributed by atoms with Crippen molar-refractivity contribution in [2.24, 2.45) is 7.05 Å². The van der Waals surface area contributed by atoms with Crippen LogP contribution in [0, 0.1) is 6.92 Å². The molecule has 0 atom stereocenters. The number of para-hydroxylation sites is 2. The third-order valence-electron chi connectivity index (χ3n) is 4.08. The van der Waals surface area contributed by atoms with Crippen LogP contribution in [-0.2, 0) is 7.05 Å².